The number of hydrogen-bond acceptors (Lipinski definition) is 3. The number of benzene rings is 2. The van der Waals surface area contributed by atoms with Gasteiger partial charge in [0.2, 0.25) is 5.91 Å². The van der Waals surface area contributed by atoms with Gasteiger partial charge in [-0.1, -0.05) is 42.5 Å². The number of anilines is 1. The van der Waals surface area contributed by atoms with E-state index in [1.165, 1.54) is 28.9 Å². The lowest BCUT2D eigenvalue weighted by Crippen LogP contribution is -2.14. The molecule has 1 aromatic heterocycles. The number of carbonyl (C=O) groups excluding carboxylic acids is 1. The van der Waals surface area contributed by atoms with Crippen LogP contribution < -0.4 is 5.32 Å². The Bertz CT molecular complexity index is 913. The molecule has 0 atom stereocenters. The summed E-state index contributed by atoms with van der Waals surface area (Å²) < 4.78 is 0. The number of carbonyl (C=O) groups is 1. The van der Waals surface area contributed by atoms with E-state index in [1.807, 2.05) is 18.2 Å². The molecule has 0 spiro atoms. The van der Waals surface area contributed by atoms with Crippen LogP contribution in [0.2, 0.25) is 0 Å². The molecule has 0 bridgehead atoms. The average molecular weight is 363 g/mol. The molecule has 1 aliphatic rings. The minimum Gasteiger partial charge on any atom is -0.309 e. The van der Waals surface area contributed by atoms with E-state index >= 15 is 0 Å². The molecular formula is C21H21N3OS. The highest BCUT2D eigenvalue weighted by Crippen LogP contribution is 2.39. The van der Waals surface area contributed by atoms with Gasteiger partial charge in [-0.15, -0.1) is 11.8 Å². The molecule has 4 nitrogen and oxygen atoms in total. The maximum absolute atomic E-state index is 12.3. The van der Waals surface area contributed by atoms with Gasteiger partial charge in [0.1, 0.15) is 0 Å². The predicted octanol–water partition coefficient (Wildman–Crippen LogP) is 4.86. The summed E-state index contributed by atoms with van der Waals surface area (Å²) in [4.78, 5) is 13.5. The summed E-state index contributed by atoms with van der Waals surface area (Å²) in [7, 11) is 0. The molecule has 1 fully saturated rings. The molecular weight excluding hydrogens is 342 g/mol. The van der Waals surface area contributed by atoms with Crippen LogP contribution in [0.5, 0.6) is 0 Å². The first-order chi connectivity index (χ1) is 12.7. The summed E-state index contributed by atoms with van der Waals surface area (Å²) in [5, 5.41) is 10.1. The van der Waals surface area contributed by atoms with Crippen LogP contribution in [0.4, 0.5) is 5.82 Å². The number of amides is 1. The fourth-order valence-electron chi connectivity index (χ4n) is 3.06. The Labute approximate surface area is 157 Å². The van der Waals surface area contributed by atoms with Crippen LogP contribution in [0.25, 0.3) is 11.1 Å². The van der Waals surface area contributed by atoms with Crippen molar-refractivity contribution in [2.24, 2.45) is 0 Å². The quantitative estimate of drug-likeness (QED) is 0.615. The molecule has 0 unspecified atom stereocenters. The number of nitrogens with one attached hydrogen (secondary N) is 2. The first-order valence-corrected chi connectivity index (χ1v) is 10.0. The van der Waals surface area contributed by atoms with Crippen LogP contribution in [-0.4, -0.2) is 22.4 Å². The number of hydrogen-bond donors (Lipinski definition) is 2. The number of aromatic nitrogens is 2. The van der Waals surface area contributed by atoms with Gasteiger partial charge in [-0.05, 0) is 41.9 Å². The minimum absolute atomic E-state index is 0.0453. The number of nitrogens with zero attached hydrogens (tertiary/aromatic N) is 1. The first kappa shape index (κ1) is 16.9. The Morgan fingerprint density at radius 2 is 1.96 bits per heavy atom. The molecule has 26 heavy (non-hydrogen) atoms. The largest absolute Gasteiger partial charge is 0.309 e. The maximum atomic E-state index is 12.3. The van der Waals surface area contributed by atoms with Gasteiger partial charge >= 0.3 is 0 Å². The van der Waals surface area contributed by atoms with Crippen molar-refractivity contribution in [3.05, 3.63) is 65.9 Å². The van der Waals surface area contributed by atoms with Gasteiger partial charge in [0.25, 0.3) is 0 Å². The zero-order chi connectivity index (χ0) is 17.9. The van der Waals surface area contributed by atoms with Crippen LogP contribution in [-0.2, 0) is 11.2 Å². The van der Waals surface area contributed by atoms with Crippen molar-refractivity contribution in [1.82, 2.24) is 10.2 Å². The smallest absolute Gasteiger partial charge is 0.229 e. The van der Waals surface area contributed by atoms with Crippen molar-refractivity contribution in [3.8, 4) is 11.1 Å². The zero-order valence-electron chi connectivity index (χ0n) is 14.7. The third-order valence-electron chi connectivity index (χ3n) is 4.62. The van der Waals surface area contributed by atoms with Crippen molar-refractivity contribution in [1.29, 1.82) is 0 Å². The van der Waals surface area contributed by atoms with Crippen LogP contribution in [0.3, 0.4) is 0 Å². The van der Waals surface area contributed by atoms with E-state index in [9.17, 15) is 4.79 Å². The minimum atomic E-state index is -0.0453. The molecule has 132 valence electrons. The first-order valence-electron chi connectivity index (χ1n) is 8.80. The molecule has 2 N–H and O–H groups in total. The highest BCUT2D eigenvalue weighted by Gasteiger charge is 2.25. The van der Waals surface area contributed by atoms with E-state index in [-0.39, 0.29) is 5.91 Å². The molecule has 3 aromatic rings. The predicted molar refractivity (Wildman–Crippen MR) is 107 cm³/mol. The molecule has 5 heteroatoms. The fourth-order valence-corrected chi connectivity index (χ4v) is 3.68. The molecule has 0 saturated heterocycles. The Hall–Kier alpha value is -2.53. The summed E-state index contributed by atoms with van der Waals surface area (Å²) in [6.45, 7) is 0. The highest BCUT2D eigenvalue weighted by atomic mass is 32.2. The van der Waals surface area contributed by atoms with E-state index in [0.717, 1.165) is 11.3 Å². The Balaban J connectivity index is 1.41. The molecule has 1 saturated carbocycles. The molecule has 1 heterocycles. The SMILES string of the molecule is CSc1ccccc1-c1ccc(CC(=O)Nc2cc(C3CC3)[nH]n2)cc1. The molecule has 0 radical (unpaired) electrons. The molecule has 1 amide bonds. The van der Waals surface area contributed by atoms with E-state index in [4.69, 9.17) is 0 Å². The second-order valence-corrected chi connectivity index (χ2v) is 7.45. The molecule has 4 rings (SSSR count). The maximum Gasteiger partial charge on any atom is 0.229 e. The Kier molecular flexibility index (Phi) is 4.80. The van der Waals surface area contributed by atoms with E-state index in [0.29, 0.717) is 18.2 Å². The van der Waals surface area contributed by atoms with Crippen molar-refractivity contribution in [2.75, 3.05) is 11.6 Å². The fraction of sp³-hybridized carbons (Fsp3) is 0.238. The number of rotatable bonds is 6. The molecule has 1 aliphatic carbocycles. The topological polar surface area (TPSA) is 57.8 Å². The van der Waals surface area contributed by atoms with Gasteiger partial charge in [0.15, 0.2) is 5.82 Å². The number of H-pyrrole nitrogens is 1. The number of aromatic amines is 1. The Morgan fingerprint density at radius 3 is 2.69 bits per heavy atom. The van der Waals surface area contributed by atoms with Gasteiger partial charge in [-0.2, -0.15) is 5.10 Å². The van der Waals surface area contributed by atoms with Crippen molar-refractivity contribution >= 4 is 23.5 Å². The third-order valence-corrected chi connectivity index (χ3v) is 5.41. The zero-order valence-corrected chi connectivity index (χ0v) is 15.5. The summed E-state index contributed by atoms with van der Waals surface area (Å²) in [6.07, 6.45) is 4.85. The van der Waals surface area contributed by atoms with Gasteiger partial charge in [-0.3, -0.25) is 9.89 Å². The summed E-state index contributed by atoms with van der Waals surface area (Å²) >= 11 is 1.74. The number of thioether (sulfide) groups is 1. The lowest BCUT2D eigenvalue weighted by molar-refractivity contribution is -0.115. The summed E-state index contributed by atoms with van der Waals surface area (Å²) in [6, 6.07) is 18.5. The average Bonchev–Trinajstić information content (AvgIpc) is 3.42. The van der Waals surface area contributed by atoms with Crippen molar-refractivity contribution < 1.29 is 4.79 Å². The van der Waals surface area contributed by atoms with Crippen molar-refractivity contribution in [2.45, 2.75) is 30.1 Å². The van der Waals surface area contributed by atoms with Gasteiger partial charge in [-0.25, -0.2) is 0 Å². The Morgan fingerprint density at radius 1 is 1.19 bits per heavy atom. The summed E-state index contributed by atoms with van der Waals surface area (Å²) in [5.74, 6) is 1.17. The van der Waals surface area contributed by atoms with Crippen LogP contribution in [0.15, 0.2) is 59.5 Å². The summed E-state index contributed by atoms with van der Waals surface area (Å²) in [5.41, 5.74) is 4.50. The van der Waals surface area contributed by atoms with Gasteiger partial charge in [0.05, 0.1) is 6.42 Å². The van der Waals surface area contributed by atoms with Crippen LogP contribution in [0.1, 0.15) is 30.0 Å². The van der Waals surface area contributed by atoms with Crippen LogP contribution >= 0.6 is 11.8 Å². The normalized spacial score (nSPS) is 13.6. The van der Waals surface area contributed by atoms with Gasteiger partial charge < -0.3 is 5.32 Å². The standard InChI is InChI=1S/C21H21N3OS/c1-26-19-5-3-2-4-17(19)15-8-6-14(7-9-15)12-21(25)22-20-13-18(23-24-20)16-10-11-16/h2-9,13,16H,10-12H2,1H3,(H2,22,23,24,25). The second kappa shape index (κ2) is 7.38. The highest BCUT2D eigenvalue weighted by molar-refractivity contribution is 7.98. The monoisotopic (exact) mass is 363 g/mol. The third kappa shape index (κ3) is 3.83. The lowest BCUT2D eigenvalue weighted by Gasteiger charge is -2.08. The second-order valence-electron chi connectivity index (χ2n) is 6.60. The van der Waals surface area contributed by atoms with E-state index in [2.05, 4.69) is 58.2 Å². The van der Waals surface area contributed by atoms with Gasteiger partial charge in [0, 0.05) is 22.6 Å². The molecule has 0 aliphatic heterocycles. The lowest BCUT2D eigenvalue weighted by atomic mass is 10.0. The van der Waals surface area contributed by atoms with Crippen molar-refractivity contribution in [3.63, 3.8) is 0 Å². The van der Waals surface area contributed by atoms with E-state index < -0.39 is 0 Å². The van der Waals surface area contributed by atoms with E-state index in [1.54, 1.807) is 11.8 Å². The molecule has 2 aromatic carbocycles. The van der Waals surface area contributed by atoms with Crippen LogP contribution in [0, 0.1) is 0 Å².